The Balaban J connectivity index is 1.65. The lowest BCUT2D eigenvalue weighted by Gasteiger charge is -2.32. The first kappa shape index (κ1) is 15.7. The van der Waals surface area contributed by atoms with E-state index in [1.807, 2.05) is 0 Å². The number of methoxy groups -OCH3 is 1. The second-order valence-corrected chi connectivity index (χ2v) is 5.16. The summed E-state index contributed by atoms with van der Waals surface area (Å²) < 4.78 is 5.06. The number of carbonyl (C=O) groups excluding carboxylic acids is 1. The van der Waals surface area contributed by atoms with Crippen molar-refractivity contribution in [1.29, 1.82) is 0 Å². The number of hydrogen-bond donors (Lipinski definition) is 2. The van der Waals surface area contributed by atoms with E-state index in [9.17, 15) is 4.79 Å². The number of amides is 2. The van der Waals surface area contributed by atoms with Crippen molar-refractivity contribution in [3.05, 3.63) is 18.6 Å². The molecule has 116 valence electrons. The largest absolute Gasteiger partial charge is 0.385 e. The molecule has 0 bridgehead atoms. The van der Waals surface area contributed by atoms with Crippen molar-refractivity contribution < 1.29 is 9.53 Å². The maximum absolute atomic E-state index is 11.9. The number of anilines is 1. The van der Waals surface area contributed by atoms with Crippen molar-refractivity contribution in [2.75, 3.05) is 38.7 Å². The second-order valence-electron chi connectivity index (χ2n) is 5.16. The van der Waals surface area contributed by atoms with Gasteiger partial charge in [0.2, 0.25) is 0 Å². The van der Waals surface area contributed by atoms with E-state index in [1.54, 1.807) is 19.4 Å². The Morgan fingerprint density at radius 3 is 2.95 bits per heavy atom. The molecule has 1 aromatic heterocycles. The van der Waals surface area contributed by atoms with Crippen molar-refractivity contribution in [3.8, 4) is 0 Å². The summed E-state index contributed by atoms with van der Waals surface area (Å²) in [6.45, 7) is 3.90. The smallest absolute Gasteiger partial charge is 0.320 e. The average molecular weight is 293 g/mol. The molecule has 2 amide bonds. The van der Waals surface area contributed by atoms with Crippen LogP contribution >= 0.6 is 0 Å². The molecule has 1 aliphatic rings. The van der Waals surface area contributed by atoms with Gasteiger partial charge in [-0.05, 0) is 25.3 Å². The van der Waals surface area contributed by atoms with Crippen LogP contribution in [0.1, 0.15) is 19.3 Å². The van der Waals surface area contributed by atoms with Gasteiger partial charge in [-0.3, -0.25) is 5.32 Å². The average Bonchev–Trinajstić information content (AvgIpc) is 2.50. The van der Waals surface area contributed by atoms with E-state index >= 15 is 0 Å². The van der Waals surface area contributed by atoms with Crippen LogP contribution in [0.25, 0.3) is 0 Å². The number of piperidine rings is 1. The Morgan fingerprint density at radius 2 is 2.29 bits per heavy atom. The number of urea groups is 1. The molecule has 2 heterocycles. The summed E-state index contributed by atoms with van der Waals surface area (Å²) in [6, 6.07) is 1.69. The molecule has 1 saturated heterocycles. The lowest BCUT2D eigenvalue weighted by molar-refractivity contribution is 0.153. The topological polar surface area (TPSA) is 79.4 Å². The van der Waals surface area contributed by atoms with Gasteiger partial charge in [0, 0.05) is 45.6 Å². The maximum Gasteiger partial charge on any atom is 0.320 e. The Hall–Kier alpha value is -1.73. The van der Waals surface area contributed by atoms with Gasteiger partial charge < -0.3 is 15.0 Å². The van der Waals surface area contributed by atoms with Crippen molar-refractivity contribution >= 4 is 11.8 Å². The number of rotatable bonds is 6. The fraction of sp³-hybridized carbons (Fsp3) is 0.643. The minimum atomic E-state index is -0.202. The van der Waals surface area contributed by atoms with Gasteiger partial charge in [0.05, 0.1) is 0 Å². The highest BCUT2D eigenvalue weighted by atomic mass is 16.5. The molecule has 1 aromatic rings. The van der Waals surface area contributed by atoms with Crippen LogP contribution in [0.5, 0.6) is 0 Å². The van der Waals surface area contributed by atoms with Crippen molar-refractivity contribution in [1.82, 2.24) is 20.2 Å². The van der Waals surface area contributed by atoms with Gasteiger partial charge in [-0.25, -0.2) is 14.8 Å². The van der Waals surface area contributed by atoms with Gasteiger partial charge in [-0.15, -0.1) is 0 Å². The molecule has 0 radical (unpaired) electrons. The van der Waals surface area contributed by atoms with Crippen LogP contribution in [0.15, 0.2) is 18.6 Å². The van der Waals surface area contributed by atoms with Gasteiger partial charge in [0.25, 0.3) is 0 Å². The number of carbonyl (C=O) groups is 1. The standard InChI is InChI=1S/C14H23N5O2/c1-21-10-2-7-19-8-4-12(5-9-19)17-14(20)18-13-3-6-15-11-16-13/h3,6,11-12H,2,4-5,7-10H2,1H3,(H2,15,16,17,18,20). The lowest BCUT2D eigenvalue weighted by atomic mass is 10.1. The molecule has 21 heavy (non-hydrogen) atoms. The SMILES string of the molecule is COCCCN1CCC(NC(=O)Nc2ccncn2)CC1. The number of aromatic nitrogens is 2. The van der Waals surface area contributed by atoms with E-state index in [4.69, 9.17) is 4.74 Å². The predicted octanol–water partition coefficient (Wildman–Crippen LogP) is 1.10. The molecule has 7 nitrogen and oxygen atoms in total. The number of nitrogens with zero attached hydrogens (tertiary/aromatic N) is 3. The molecule has 1 fully saturated rings. The zero-order chi connectivity index (χ0) is 14.9. The van der Waals surface area contributed by atoms with Crippen LogP contribution in [0.2, 0.25) is 0 Å². The first-order valence-electron chi connectivity index (χ1n) is 7.33. The zero-order valence-electron chi connectivity index (χ0n) is 12.4. The predicted molar refractivity (Wildman–Crippen MR) is 80.1 cm³/mol. The molecular formula is C14H23N5O2. The van der Waals surface area contributed by atoms with Gasteiger partial charge in [-0.1, -0.05) is 0 Å². The quantitative estimate of drug-likeness (QED) is 0.768. The summed E-state index contributed by atoms with van der Waals surface area (Å²) in [6.07, 6.45) is 6.02. The van der Waals surface area contributed by atoms with Crippen LogP contribution in [-0.4, -0.2) is 60.3 Å². The molecule has 7 heteroatoms. The van der Waals surface area contributed by atoms with Gasteiger partial charge in [0.15, 0.2) is 0 Å². The Morgan fingerprint density at radius 1 is 1.48 bits per heavy atom. The van der Waals surface area contributed by atoms with E-state index in [-0.39, 0.29) is 12.1 Å². The van der Waals surface area contributed by atoms with Crippen molar-refractivity contribution in [2.45, 2.75) is 25.3 Å². The molecule has 0 unspecified atom stereocenters. The molecule has 0 spiro atoms. The zero-order valence-corrected chi connectivity index (χ0v) is 12.4. The third kappa shape index (κ3) is 5.65. The summed E-state index contributed by atoms with van der Waals surface area (Å²) in [5.41, 5.74) is 0. The van der Waals surface area contributed by atoms with Crippen LogP contribution in [0, 0.1) is 0 Å². The van der Waals surface area contributed by atoms with E-state index in [1.165, 1.54) is 6.33 Å². The molecule has 0 atom stereocenters. The molecule has 2 N–H and O–H groups in total. The Labute approximate surface area is 125 Å². The molecule has 1 aliphatic heterocycles. The summed E-state index contributed by atoms with van der Waals surface area (Å²) in [4.78, 5) is 22.0. The Bertz CT molecular complexity index is 421. The highest BCUT2D eigenvalue weighted by molar-refractivity contribution is 5.88. The van der Waals surface area contributed by atoms with Gasteiger partial charge in [0.1, 0.15) is 12.1 Å². The fourth-order valence-corrected chi connectivity index (χ4v) is 2.44. The molecule has 0 aromatic carbocycles. The highest BCUT2D eigenvalue weighted by Crippen LogP contribution is 2.11. The molecule has 0 aliphatic carbocycles. The second kappa shape index (κ2) is 8.53. The summed E-state index contributed by atoms with van der Waals surface area (Å²) >= 11 is 0. The molecular weight excluding hydrogens is 270 g/mol. The maximum atomic E-state index is 11.9. The van der Waals surface area contributed by atoms with E-state index < -0.39 is 0 Å². The molecule has 0 saturated carbocycles. The lowest BCUT2D eigenvalue weighted by Crippen LogP contribution is -2.46. The summed E-state index contributed by atoms with van der Waals surface area (Å²) in [7, 11) is 1.73. The minimum Gasteiger partial charge on any atom is -0.385 e. The first-order chi connectivity index (χ1) is 10.3. The number of likely N-dealkylation sites (tertiary alicyclic amines) is 1. The van der Waals surface area contributed by atoms with Crippen molar-refractivity contribution in [3.63, 3.8) is 0 Å². The fourth-order valence-electron chi connectivity index (χ4n) is 2.44. The number of ether oxygens (including phenoxy) is 1. The van der Waals surface area contributed by atoms with Gasteiger partial charge in [-0.2, -0.15) is 0 Å². The van der Waals surface area contributed by atoms with E-state index in [0.717, 1.165) is 45.5 Å². The van der Waals surface area contributed by atoms with Gasteiger partial charge >= 0.3 is 6.03 Å². The summed E-state index contributed by atoms with van der Waals surface area (Å²) in [5.74, 6) is 0.513. The third-order valence-electron chi connectivity index (χ3n) is 3.57. The van der Waals surface area contributed by atoms with Crippen LogP contribution in [0.4, 0.5) is 10.6 Å². The van der Waals surface area contributed by atoms with Crippen LogP contribution in [-0.2, 0) is 4.74 Å². The van der Waals surface area contributed by atoms with E-state index in [2.05, 4.69) is 25.5 Å². The normalized spacial score (nSPS) is 16.6. The van der Waals surface area contributed by atoms with Crippen molar-refractivity contribution in [2.24, 2.45) is 0 Å². The molecule has 2 rings (SSSR count). The van der Waals surface area contributed by atoms with E-state index in [0.29, 0.717) is 5.82 Å². The third-order valence-corrected chi connectivity index (χ3v) is 3.57. The number of hydrogen-bond acceptors (Lipinski definition) is 5. The monoisotopic (exact) mass is 293 g/mol. The first-order valence-corrected chi connectivity index (χ1v) is 7.33. The minimum absolute atomic E-state index is 0.202. The number of nitrogens with one attached hydrogen (secondary N) is 2. The summed E-state index contributed by atoms with van der Waals surface area (Å²) in [5, 5.41) is 5.70. The Kier molecular flexibility index (Phi) is 6.36. The highest BCUT2D eigenvalue weighted by Gasteiger charge is 2.20. The van der Waals surface area contributed by atoms with Crippen LogP contribution in [0.3, 0.4) is 0 Å². The van der Waals surface area contributed by atoms with Crippen LogP contribution < -0.4 is 10.6 Å².